The second-order valence-electron chi connectivity index (χ2n) is 11.2. The first-order valence-corrected chi connectivity index (χ1v) is 13.9. The van der Waals surface area contributed by atoms with E-state index in [0.717, 1.165) is 5.57 Å². The first kappa shape index (κ1) is 32.2. The fourth-order valence-electron chi connectivity index (χ4n) is 4.96. The third-order valence-corrected chi connectivity index (χ3v) is 7.76. The van der Waals surface area contributed by atoms with Gasteiger partial charge in [-0.15, -0.1) is 0 Å². The Balaban J connectivity index is 2.13. The van der Waals surface area contributed by atoms with Crippen LogP contribution in [0.25, 0.3) is 0 Å². The van der Waals surface area contributed by atoms with Crippen LogP contribution in [0, 0.1) is 23.7 Å². The molecule has 0 saturated carbocycles. The van der Waals surface area contributed by atoms with Crippen molar-refractivity contribution in [3.63, 3.8) is 0 Å². The molecule has 216 valence electrons. The summed E-state index contributed by atoms with van der Waals surface area (Å²) in [6, 6.07) is 0. The fourth-order valence-corrected chi connectivity index (χ4v) is 4.96. The zero-order valence-corrected chi connectivity index (χ0v) is 23.9. The number of carbonyl (C=O) groups is 2. The summed E-state index contributed by atoms with van der Waals surface area (Å²) in [4.78, 5) is 24.2. The number of hydrogen-bond donors (Lipinski definition) is 3. The maximum absolute atomic E-state index is 12.6. The smallest absolute Gasteiger partial charge is 0.309 e. The molecule has 38 heavy (non-hydrogen) atoms. The third-order valence-electron chi connectivity index (χ3n) is 7.76. The Bertz CT molecular complexity index is 864. The molecular formula is C30H48O8. The minimum atomic E-state index is -0.830. The minimum Gasteiger partial charge on any atom is -0.458 e. The Morgan fingerprint density at radius 2 is 1.84 bits per heavy atom. The van der Waals surface area contributed by atoms with Crippen molar-refractivity contribution in [3.8, 4) is 0 Å². The Kier molecular flexibility index (Phi) is 12.7. The molecule has 2 rings (SSSR count). The van der Waals surface area contributed by atoms with Gasteiger partial charge in [0.05, 0.1) is 30.8 Å². The summed E-state index contributed by atoms with van der Waals surface area (Å²) in [5.41, 5.74) is 0.803. The number of esters is 2. The highest BCUT2D eigenvalue weighted by Gasteiger charge is 2.50. The van der Waals surface area contributed by atoms with Gasteiger partial charge in [0.25, 0.3) is 0 Å². The Hall–Kier alpha value is -2.00. The second kappa shape index (κ2) is 15.0. The van der Waals surface area contributed by atoms with Crippen molar-refractivity contribution < 1.29 is 39.1 Å². The lowest BCUT2D eigenvalue weighted by Crippen LogP contribution is -2.30. The summed E-state index contributed by atoms with van der Waals surface area (Å²) in [6.07, 6.45) is 7.45. The number of carbonyl (C=O) groups excluding carboxylic acids is 2. The lowest BCUT2D eigenvalue weighted by molar-refractivity contribution is -0.151. The van der Waals surface area contributed by atoms with E-state index in [1.165, 1.54) is 6.92 Å². The van der Waals surface area contributed by atoms with Crippen LogP contribution in [0.3, 0.4) is 0 Å². The van der Waals surface area contributed by atoms with Crippen molar-refractivity contribution in [1.29, 1.82) is 0 Å². The van der Waals surface area contributed by atoms with Crippen molar-refractivity contribution in [3.05, 3.63) is 36.0 Å². The molecule has 0 aromatic rings. The number of epoxide rings is 1. The number of cyclic esters (lactones) is 1. The molecule has 8 nitrogen and oxygen atoms in total. The average molecular weight is 537 g/mol. The van der Waals surface area contributed by atoms with Gasteiger partial charge in [0.1, 0.15) is 18.3 Å². The van der Waals surface area contributed by atoms with Crippen LogP contribution >= 0.6 is 0 Å². The molecule has 0 aromatic heterocycles. The van der Waals surface area contributed by atoms with Crippen molar-refractivity contribution in [2.75, 3.05) is 0 Å². The molecule has 0 aliphatic carbocycles. The molecule has 11 atom stereocenters. The first-order chi connectivity index (χ1) is 17.8. The molecule has 8 heteroatoms. The molecule has 2 heterocycles. The molecule has 3 N–H and O–H groups in total. The molecule has 2 aliphatic heterocycles. The zero-order chi connectivity index (χ0) is 28.6. The Labute approximate surface area is 227 Å². The average Bonchev–Trinajstić information content (AvgIpc) is 3.66. The zero-order valence-electron chi connectivity index (χ0n) is 23.9. The molecule has 0 spiro atoms. The van der Waals surface area contributed by atoms with Gasteiger partial charge in [0.2, 0.25) is 0 Å². The lowest BCUT2D eigenvalue weighted by Gasteiger charge is -2.27. The van der Waals surface area contributed by atoms with E-state index in [9.17, 15) is 24.9 Å². The van der Waals surface area contributed by atoms with Crippen molar-refractivity contribution in [2.24, 2.45) is 23.7 Å². The van der Waals surface area contributed by atoms with Gasteiger partial charge in [0, 0.05) is 24.7 Å². The van der Waals surface area contributed by atoms with Crippen LogP contribution in [0.2, 0.25) is 0 Å². The van der Waals surface area contributed by atoms with E-state index >= 15 is 0 Å². The fraction of sp³-hybridized carbons (Fsp3) is 0.733. The van der Waals surface area contributed by atoms with Crippen LogP contribution < -0.4 is 0 Å². The number of aliphatic hydroxyl groups is 3. The number of rotatable bonds is 9. The molecule has 0 amide bonds. The highest BCUT2D eigenvalue weighted by Crippen LogP contribution is 2.36. The van der Waals surface area contributed by atoms with E-state index in [1.54, 1.807) is 0 Å². The summed E-state index contributed by atoms with van der Waals surface area (Å²) < 4.78 is 17.0. The van der Waals surface area contributed by atoms with Gasteiger partial charge in [-0.1, -0.05) is 58.9 Å². The van der Waals surface area contributed by atoms with E-state index in [-0.39, 0.29) is 48.3 Å². The van der Waals surface area contributed by atoms with Crippen molar-refractivity contribution >= 4 is 11.9 Å². The van der Waals surface area contributed by atoms with E-state index in [2.05, 4.69) is 0 Å². The largest absolute Gasteiger partial charge is 0.458 e. The maximum atomic E-state index is 12.6. The predicted molar refractivity (Wildman–Crippen MR) is 145 cm³/mol. The van der Waals surface area contributed by atoms with Crippen LogP contribution in [0.1, 0.15) is 74.1 Å². The standard InChI is InChI=1S/C30H48O8/c1-8-24(33)21(6)29-30(38-29)27(35)18(3)10-9-11-19(4)28-20(5)13-15-25(36-22(7)31)17(2)12-14-23(32)16-26(34)37-28/h9-11,13,15,17-18,20-21,23-25,27-30,32-33,35H,8,12,14,16H2,1-7H3/b10-9+,15-13+,19-11+. The van der Waals surface area contributed by atoms with Crippen LogP contribution in [-0.2, 0) is 23.8 Å². The highest BCUT2D eigenvalue weighted by molar-refractivity contribution is 5.70. The monoisotopic (exact) mass is 536 g/mol. The second-order valence-corrected chi connectivity index (χ2v) is 11.2. The van der Waals surface area contributed by atoms with Gasteiger partial charge in [-0.3, -0.25) is 9.59 Å². The summed E-state index contributed by atoms with van der Waals surface area (Å²) >= 11 is 0. The molecule has 1 saturated heterocycles. The van der Waals surface area contributed by atoms with Gasteiger partial charge in [-0.05, 0) is 43.8 Å². The SMILES string of the molecule is CCC(O)C(C)C1OC1C(O)C(C)/C=C/C=C(\C)C1OC(=O)CC(O)CCC(C)C(OC(C)=O)/C=C/C1C. The topological polar surface area (TPSA) is 126 Å². The molecule has 0 bridgehead atoms. The van der Waals surface area contributed by atoms with Gasteiger partial charge >= 0.3 is 11.9 Å². The Morgan fingerprint density at radius 3 is 2.47 bits per heavy atom. The molecule has 11 unspecified atom stereocenters. The quantitative estimate of drug-likeness (QED) is 0.175. The Morgan fingerprint density at radius 1 is 1.16 bits per heavy atom. The van der Waals surface area contributed by atoms with Gasteiger partial charge in [0.15, 0.2) is 0 Å². The lowest BCUT2D eigenvalue weighted by atomic mass is 9.91. The molecule has 2 aliphatic rings. The normalized spacial score (nSPS) is 35.3. The molecular weight excluding hydrogens is 488 g/mol. The highest BCUT2D eigenvalue weighted by atomic mass is 16.6. The summed E-state index contributed by atoms with van der Waals surface area (Å²) in [6.45, 7) is 12.9. The van der Waals surface area contributed by atoms with E-state index in [0.29, 0.717) is 19.3 Å². The number of allylic oxidation sites excluding steroid dienone is 2. The summed E-state index contributed by atoms with van der Waals surface area (Å²) in [7, 11) is 0. The van der Waals surface area contributed by atoms with Crippen LogP contribution in [-0.4, -0.2) is 70.0 Å². The third kappa shape index (κ3) is 9.63. The van der Waals surface area contributed by atoms with Crippen molar-refractivity contribution in [1.82, 2.24) is 0 Å². The predicted octanol–water partition coefficient (Wildman–Crippen LogP) is 3.88. The first-order valence-electron chi connectivity index (χ1n) is 13.9. The van der Waals surface area contributed by atoms with Crippen LogP contribution in [0.15, 0.2) is 36.0 Å². The van der Waals surface area contributed by atoms with E-state index in [1.807, 2.05) is 71.9 Å². The van der Waals surface area contributed by atoms with E-state index in [4.69, 9.17) is 14.2 Å². The van der Waals surface area contributed by atoms with Crippen molar-refractivity contribution in [2.45, 2.75) is 117 Å². The van der Waals surface area contributed by atoms with Crippen LogP contribution in [0.5, 0.6) is 0 Å². The van der Waals surface area contributed by atoms with E-state index < -0.39 is 36.5 Å². The summed E-state index contributed by atoms with van der Waals surface area (Å²) in [5, 5.41) is 31.1. The van der Waals surface area contributed by atoms with Gasteiger partial charge < -0.3 is 29.5 Å². The molecule has 0 aromatic carbocycles. The molecule has 1 fully saturated rings. The maximum Gasteiger partial charge on any atom is 0.309 e. The van der Waals surface area contributed by atoms with Crippen LogP contribution in [0.4, 0.5) is 0 Å². The number of hydrogen-bond acceptors (Lipinski definition) is 8. The van der Waals surface area contributed by atoms with Gasteiger partial charge in [-0.25, -0.2) is 0 Å². The van der Waals surface area contributed by atoms with Gasteiger partial charge in [-0.2, -0.15) is 0 Å². The molecule has 0 radical (unpaired) electrons. The number of ether oxygens (including phenoxy) is 3. The number of aliphatic hydroxyl groups excluding tert-OH is 3. The summed E-state index contributed by atoms with van der Waals surface area (Å²) in [5.74, 6) is -1.27. The minimum absolute atomic E-state index is 0.0124.